The van der Waals surface area contributed by atoms with Crippen molar-refractivity contribution in [2.24, 2.45) is 5.92 Å². The number of likely N-dealkylation sites (tertiary alicyclic amines) is 1. The lowest BCUT2D eigenvalue weighted by molar-refractivity contribution is 0.183. The fourth-order valence-electron chi connectivity index (χ4n) is 2.64. The van der Waals surface area contributed by atoms with Crippen molar-refractivity contribution < 1.29 is 4.39 Å². The predicted octanol–water partition coefficient (Wildman–Crippen LogP) is 3.56. The van der Waals surface area contributed by atoms with Gasteiger partial charge in [0.25, 0.3) is 0 Å². The number of hydrogen-bond acceptors (Lipinski definition) is 2. The molecule has 0 atom stereocenters. The molecule has 1 fully saturated rings. The molecule has 1 heterocycles. The average Bonchev–Trinajstić information content (AvgIpc) is 2.42. The standard InChI is InChI=1S/C17H27FN2/c1-13(2)19-11-15-4-5-17(18)16(10-15)12-20-8-6-14(3)7-9-20/h4-5,10,13-14,19H,6-9,11-12H2,1-3H3. The van der Waals surface area contributed by atoms with Crippen molar-refractivity contribution in [3.63, 3.8) is 0 Å². The number of rotatable bonds is 5. The summed E-state index contributed by atoms with van der Waals surface area (Å²) in [6, 6.07) is 5.96. The minimum Gasteiger partial charge on any atom is -0.310 e. The highest BCUT2D eigenvalue weighted by Gasteiger charge is 2.17. The summed E-state index contributed by atoms with van der Waals surface area (Å²) in [5.74, 6) is 0.745. The summed E-state index contributed by atoms with van der Waals surface area (Å²) in [7, 11) is 0. The van der Waals surface area contributed by atoms with Crippen molar-refractivity contribution in [2.75, 3.05) is 13.1 Å². The van der Waals surface area contributed by atoms with Gasteiger partial charge in [-0.3, -0.25) is 4.90 Å². The molecule has 0 spiro atoms. The molecule has 1 aliphatic heterocycles. The lowest BCUT2D eigenvalue weighted by Crippen LogP contribution is -2.32. The third kappa shape index (κ3) is 4.57. The molecule has 1 N–H and O–H groups in total. The molecule has 0 radical (unpaired) electrons. The normalized spacial score (nSPS) is 17.9. The van der Waals surface area contributed by atoms with Gasteiger partial charge in [-0.2, -0.15) is 0 Å². The summed E-state index contributed by atoms with van der Waals surface area (Å²) in [6.45, 7) is 10.3. The SMILES string of the molecule is CC1CCN(Cc2cc(CNC(C)C)ccc2F)CC1. The summed E-state index contributed by atoms with van der Waals surface area (Å²) in [5, 5.41) is 3.38. The second-order valence-electron chi connectivity index (χ2n) is 6.42. The smallest absolute Gasteiger partial charge is 0.127 e. The van der Waals surface area contributed by atoms with Crippen LogP contribution in [0.2, 0.25) is 0 Å². The molecule has 1 aromatic carbocycles. The van der Waals surface area contributed by atoms with Gasteiger partial charge in [0.05, 0.1) is 0 Å². The molecule has 1 aromatic rings. The van der Waals surface area contributed by atoms with Crippen LogP contribution >= 0.6 is 0 Å². The highest BCUT2D eigenvalue weighted by Crippen LogP contribution is 2.20. The molecule has 1 saturated heterocycles. The summed E-state index contributed by atoms with van der Waals surface area (Å²) < 4.78 is 14.0. The third-order valence-electron chi connectivity index (χ3n) is 4.09. The molecule has 2 rings (SSSR count). The molecule has 1 aliphatic rings. The Hall–Kier alpha value is -0.930. The fourth-order valence-corrected chi connectivity index (χ4v) is 2.64. The number of nitrogens with zero attached hydrogens (tertiary/aromatic N) is 1. The van der Waals surface area contributed by atoms with E-state index < -0.39 is 0 Å². The Balaban J connectivity index is 1.97. The molecule has 0 aromatic heterocycles. The molecule has 112 valence electrons. The molecule has 3 heteroatoms. The van der Waals surface area contributed by atoms with Gasteiger partial charge in [-0.15, -0.1) is 0 Å². The maximum Gasteiger partial charge on any atom is 0.127 e. The van der Waals surface area contributed by atoms with Gasteiger partial charge in [-0.1, -0.05) is 32.9 Å². The van der Waals surface area contributed by atoms with Gasteiger partial charge in [0.1, 0.15) is 5.82 Å². The van der Waals surface area contributed by atoms with E-state index in [0.717, 1.165) is 37.7 Å². The van der Waals surface area contributed by atoms with Gasteiger partial charge in [0.2, 0.25) is 0 Å². The fraction of sp³-hybridized carbons (Fsp3) is 0.647. The van der Waals surface area contributed by atoms with Crippen molar-refractivity contribution >= 4 is 0 Å². The van der Waals surface area contributed by atoms with E-state index in [1.807, 2.05) is 12.1 Å². The quantitative estimate of drug-likeness (QED) is 0.886. The summed E-state index contributed by atoms with van der Waals surface area (Å²) >= 11 is 0. The first-order chi connectivity index (χ1) is 9.54. The topological polar surface area (TPSA) is 15.3 Å². The van der Waals surface area contributed by atoms with Gasteiger partial charge >= 0.3 is 0 Å². The molecule has 2 nitrogen and oxygen atoms in total. The van der Waals surface area contributed by atoms with Gasteiger partial charge in [0.15, 0.2) is 0 Å². The maximum absolute atomic E-state index is 14.0. The Kier molecular flexibility index (Phi) is 5.55. The maximum atomic E-state index is 14.0. The summed E-state index contributed by atoms with van der Waals surface area (Å²) in [4.78, 5) is 2.37. The van der Waals surface area contributed by atoms with E-state index in [-0.39, 0.29) is 5.82 Å². The van der Waals surface area contributed by atoms with Crippen molar-refractivity contribution in [3.8, 4) is 0 Å². The van der Waals surface area contributed by atoms with Crippen molar-refractivity contribution in [2.45, 2.75) is 52.7 Å². The van der Waals surface area contributed by atoms with Crippen molar-refractivity contribution in [1.29, 1.82) is 0 Å². The van der Waals surface area contributed by atoms with Gasteiger partial charge in [-0.25, -0.2) is 4.39 Å². The van der Waals surface area contributed by atoms with E-state index in [2.05, 4.69) is 31.0 Å². The van der Waals surface area contributed by atoms with Crippen molar-refractivity contribution in [3.05, 3.63) is 35.1 Å². The van der Waals surface area contributed by atoms with Crippen LogP contribution in [0.25, 0.3) is 0 Å². The van der Waals surface area contributed by atoms with E-state index in [1.165, 1.54) is 18.4 Å². The van der Waals surface area contributed by atoms with Crippen LogP contribution in [0.3, 0.4) is 0 Å². The van der Waals surface area contributed by atoms with Crippen LogP contribution < -0.4 is 5.32 Å². The number of nitrogens with one attached hydrogen (secondary N) is 1. The molecule has 0 unspecified atom stereocenters. The van der Waals surface area contributed by atoms with Gasteiger partial charge < -0.3 is 5.32 Å². The van der Waals surface area contributed by atoms with E-state index in [4.69, 9.17) is 0 Å². The average molecular weight is 278 g/mol. The van der Waals surface area contributed by atoms with Crippen LogP contribution in [-0.2, 0) is 13.1 Å². The zero-order valence-electron chi connectivity index (χ0n) is 13.0. The van der Waals surface area contributed by atoms with E-state index >= 15 is 0 Å². The lowest BCUT2D eigenvalue weighted by Gasteiger charge is -2.30. The number of halogens is 1. The zero-order chi connectivity index (χ0) is 14.5. The van der Waals surface area contributed by atoms with Gasteiger partial charge in [-0.05, 0) is 43.5 Å². The third-order valence-corrected chi connectivity index (χ3v) is 4.09. The lowest BCUT2D eigenvalue weighted by atomic mass is 9.98. The number of piperidine rings is 1. The highest BCUT2D eigenvalue weighted by molar-refractivity contribution is 5.25. The Bertz CT molecular complexity index is 423. The number of benzene rings is 1. The van der Waals surface area contributed by atoms with E-state index in [0.29, 0.717) is 6.04 Å². The largest absolute Gasteiger partial charge is 0.310 e. The Morgan fingerprint density at radius 1 is 1.30 bits per heavy atom. The monoisotopic (exact) mass is 278 g/mol. The minimum absolute atomic E-state index is 0.0723. The Morgan fingerprint density at radius 3 is 2.65 bits per heavy atom. The first kappa shape index (κ1) is 15.5. The van der Waals surface area contributed by atoms with E-state index in [9.17, 15) is 4.39 Å². The van der Waals surface area contributed by atoms with Gasteiger partial charge in [0, 0.05) is 24.7 Å². The molecule has 0 saturated carbocycles. The van der Waals surface area contributed by atoms with Crippen LogP contribution in [0.5, 0.6) is 0 Å². The molecular weight excluding hydrogens is 251 g/mol. The van der Waals surface area contributed by atoms with Crippen LogP contribution in [0.15, 0.2) is 18.2 Å². The molecule has 0 aliphatic carbocycles. The van der Waals surface area contributed by atoms with Crippen molar-refractivity contribution in [1.82, 2.24) is 10.2 Å². The van der Waals surface area contributed by atoms with E-state index in [1.54, 1.807) is 6.07 Å². The molecule has 0 amide bonds. The first-order valence-electron chi connectivity index (χ1n) is 7.77. The van der Waals surface area contributed by atoms with Crippen LogP contribution in [0.4, 0.5) is 4.39 Å². The molecule has 0 bridgehead atoms. The highest BCUT2D eigenvalue weighted by atomic mass is 19.1. The molecular formula is C17H27FN2. The molecule has 20 heavy (non-hydrogen) atoms. The second-order valence-corrected chi connectivity index (χ2v) is 6.42. The Labute approximate surface area is 122 Å². The second kappa shape index (κ2) is 7.19. The Morgan fingerprint density at radius 2 is 2.00 bits per heavy atom. The first-order valence-corrected chi connectivity index (χ1v) is 7.77. The minimum atomic E-state index is -0.0723. The van der Waals surface area contributed by atoms with Crippen LogP contribution in [-0.4, -0.2) is 24.0 Å². The van der Waals surface area contributed by atoms with Crippen LogP contribution in [0.1, 0.15) is 44.7 Å². The summed E-state index contributed by atoms with van der Waals surface area (Å²) in [5.41, 5.74) is 2.00. The van der Waals surface area contributed by atoms with Crippen LogP contribution in [0, 0.1) is 11.7 Å². The zero-order valence-corrected chi connectivity index (χ0v) is 13.0. The predicted molar refractivity (Wildman–Crippen MR) is 82.1 cm³/mol. The summed E-state index contributed by atoms with van der Waals surface area (Å²) in [6.07, 6.45) is 2.46. The number of hydrogen-bond donors (Lipinski definition) is 1.